The molecule has 0 saturated carbocycles. The van der Waals surface area contributed by atoms with E-state index in [4.69, 9.17) is 9.47 Å². The first kappa shape index (κ1) is 9.97. The Morgan fingerprint density at radius 2 is 2.38 bits per heavy atom. The van der Waals surface area contributed by atoms with E-state index in [1.54, 1.807) is 7.11 Å². The van der Waals surface area contributed by atoms with E-state index in [2.05, 4.69) is 11.4 Å². The molecule has 2 aliphatic rings. The minimum Gasteiger partial charge on any atom is -0.496 e. The van der Waals surface area contributed by atoms with Gasteiger partial charge in [-0.05, 0) is 31.0 Å². The quantitative estimate of drug-likeness (QED) is 0.781. The van der Waals surface area contributed by atoms with Gasteiger partial charge in [0.25, 0.3) is 0 Å². The average molecular weight is 219 g/mol. The first-order valence-corrected chi connectivity index (χ1v) is 5.90. The van der Waals surface area contributed by atoms with Crippen LogP contribution in [0.5, 0.6) is 11.5 Å². The Hall–Kier alpha value is -1.22. The third kappa shape index (κ3) is 1.47. The van der Waals surface area contributed by atoms with Gasteiger partial charge in [0.2, 0.25) is 0 Å². The molecule has 1 fully saturated rings. The van der Waals surface area contributed by atoms with Crippen LogP contribution in [0.2, 0.25) is 0 Å². The fraction of sp³-hybridized carbons (Fsp3) is 0.538. The molecule has 1 unspecified atom stereocenters. The van der Waals surface area contributed by atoms with Crippen molar-refractivity contribution >= 4 is 0 Å². The lowest BCUT2D eigenvalue weighted by Gasteiger charge is -2.37. The molecule has 0 radical (unpaired) electrons. The molecule has 3 heteroatoms. The molecule has 2 atom stereocenters. The van der Waals surface area contributed by atoms with Crippen LogP contribution in [0.3, 0.4) is 0 Å². The predicted octanol–water partition coefficient (Wildman–Crippen LogP) is 1.78. The summed E-state index contributed by atoms with van der Waals surface area (Å²) in [4.78, 5) is 0. The van der Waals surface area contributed by atoms with Gasteiger partial charge in [-0.2, -0.15) is 0 Å². The summed E-state index contributed by atoms with van der Waals surface area (Å²) in [5, 5.41) is 3.43. The lowest BCUT2D eigenvalue weighted by Crippen LogP contribution is -2.40. The van der Waals surface area contributed by atoms with Gasteiger partial charge in [0, 0.05) is 18.0 Å². The molecule has 0 spiro atoms. The van der Waals surface area contributed by atoms with Crippen LogP contribution in [0.15, 0.2) is 18.2 Å². The summed E-state index contributed by atoms with van der Waals surface area (Å²) in [7, 11) is 1.74. The molecule has 86 valence electrons. The number of hydrogen-bond donors (Lipinski definition) is 1. The third-order valence-electron chi connectivity index (χ3n) is 3.68. The number of fused-ring (bicyclic) bond motifs is 3. The highest BCUT2D eigenvalue weighted by molar-refractivity contribution is 5.49. The standard InChI is InChI=1S/C13H17NO2/c1-15-11-3-2-4-12-13(11)10-5-6-14-7-9(10)8-16-12/h2-4,9-10,14H,5-8H2,1H3/t9?,10-/m1/s1. The minimum atomic E-state index is 0.595. The molecule has 3 rings (SSSR count). The van der Waals surface area contributed by atoms with E-state index in [0.29, 0.717) is 11.8 Å². The zero-order valence-corrected chi connectivity index (χ0v) is 9.53. The van der Waals surface area contributed by atoms with Crippen molar-refractivity contribution in [2.24, 2.45) is 5.92 Å². The van der Waals surface area contributed by atoms with Crippen LogP contribution >= 0.6 is 0 Å². The number of nitrogens with one attached hydrogen (secondary N) is 1. The Balaban J connectivity index is 2.05. The molecule has 1 saturated heterocycles. The summed E-state index contributed by atoms with van der Waals surface area (Å²) >= 11 is 0. The lowest BCUT2D eigenvalue weighted by molar-refractivity contribution is 0.164. The van der Waals surface area contributed by atoms with Gasteiger partial charge in [0.05, 0.1) is 13.7 Å². The van der Waals surface area contributed by atoms with E-state index in [0.717, 1.165) is 31.2 Å². The second-order valence-corrected chi connectivity index (χ2v) is 4.54. The van der Waals surface area contributed by atoms with Gasteiger partial charge >= 0.3 is 0 Å². The molecule has 1 aromatic carbocycles. The molecule has 0 bridgehead atoms. The number of ether oxygens (including phenoxy) is 2. The highest BCUT2D eigenvalue weighted by Gasteiger charge is 2.34. The van der Waals surface area contributed by atoms with Crippen LogP contribution in [0.4, 0.5) is 0 Å². The predicted molar refractivity (Wildman–Crippen MR) is 62.2 cm³/mol. The van der Waals surface area contributed by atoms with Gasteiger partial charge < -0.3 is 14.8 Å². The number of hydrogen-bond acceptors (Lipinski definition) is 3. The molecular formula is C13H17NO2. The van der Waals surface area contributed by atoms with Crippen LogP contribution in [-0.4, -0.2) is 26.8 Å². The minimum absolute atomic E-state index is 0.595. The molecule has 2 heterocycles. The largest absolute Gasteiger partial charge is 0.496 e. The molecule has 1 aromatic rings. The van der Waals surface area contributed by atoms with Crippen LogP contribution < -0.4 is 14.8 Å². The van der Waals surface area contributed by atoms with Crippen molar-refractivity contribution in [2.75, 3.05) is 26.8 Å². The number of rotatable bonds is 1. The Bertz CT molecular complexity index is 377. The van der Waals surface area contributed by atoms with E-state index in [-0.39, 0.29) is 0 Å². The van der Waals surface area contributed by atoms with E-state index in [1.165, 1.54) is 12.0 Å². The summed E-state index contributed by atoms with van der Waals surface area (Å²) in [5.74, 6) is 3.19. The van der Waals surface area contributed by atoms with Crippen molar-refractivity contribution in [3.8, 4) is 11.5 Å². The summed E-state index contributed by atoms with van der Waals surface area (Å²) in [6.07, 6.45) is 1.18. The topological polar surface area (TPSA) is 30.5 Å². The summed E-state index contributed by atoms with van der Waals surface area (Å²) in [6.45, 7) is 2.98. The fourth-order valence-corrected chi connectivity index (χ4v) is 2.87. The average Bonchev–Trinajstić information content (AvgIpc) is 2.37. The number of methoxy groups -OCH3 is 1. The highest BCUT2D eigenvalue weighted by Crippen LogP contribution is 2.44. The molecule has 0 aromatic heterocycles. The third-order valence-corrected chi connectivity index (χ3v) is 3.68. The first-order chi connectivity index (χ1) is 7.90. The zero-order valence-electron chi connectivity index (χ0n) is 9.53. The van der Waals surface area contributed by atoms with Crippen molar-refractivity contribution in [2.45, 2.75) is 12.3 Å². The van der Waals surface area contributed by atoms with Crippen LogP contribution in [0.1, 0.15) is 17.9 Å². The van der Waals surface area contributed by atoms with Crippen molar-refractivity contribution in [3.63, 3.8) is 0 Å². The van der Waals surface area contributed by atoms with Gasteiger partial charge in [-0.3, -0.25) is 0 Å². The van der Waals surface area contributed by atoms with Crippen molar-refractivity contribution in [1.82, 2.24) is 5.32 Å². The Morgan fingerprint density at radius 1 is 1.44 bits per heavy atom. The number of benzene rings is 1. The second kappa shape index (κ2) is 3.98. The molecular weight excluding hydrogens is 202 g/mol. The summed E-state index contributed by atoms with van der Waals surface area (Å²) in [5.41, 5.74) is 1.28. The van der Waals surface area contributed by atoms with Gasteiger partial charge in [-0.15, -0.1) is 0 Å². The van der Waals surface area contributed by atoms with Crippen LogP contribution in [0, 0.1) is 5.92 Å². The Kier molecular flexibility index (Phi) is 2.48. The Labute approximate surface area is 95.8 Å². The maximum atomic E-state index is 5.82. The monoisotopic (exact) mass is 219 g/mol. The second-order valence-electron chi connectivity index (χ2n) is 4.54. The van der Waals surface area contributed by atoms with E-state index < -0.39 is 0 Å². The first-order valence-electron chi connectivity index (χ1n) is 5.90. The SMILES string of the molecule is COc1cccc2c1[C@@H]1CCNCC1CO2. The molecule has 3 nitrogen and oxygen atoms in total. The smallest absolute Gasteiger partial charge is 0.126 e. The van der Waals surface area contributed by atoms with Gasteiger partial charge in [-0.1, -0.05) is 6.07 Å². The molecule has 2 aliphatic heterocycles. The normalized spacial score (nSPS) is 27.6. The molecule has 1 N–H and O–H groups in total. The summed E-state index contributed by atoms with van der Waals surface area (Å²) in [6, 6.07) is 6.09. The highest BCUT2D eigenvalue weighted by atomic mass is 16.5. The van der Waals surface area contributed by atoms with E-state index >= 15 is 0 Å². The fourth-order valence-electron chi connectivity index (χ4n) is 2.87. The van der Waals surface area contributed by atoms with Gasteiger partial charge in [-0.25, -0.2) is 0 Å². The van der Waals surface area contributed by atoms with E-state index in [1.807, 2.05) is 12.1 Å². The van der Waals surface area contributed by atoms with Gasteiger partial charge in [0.15, 0.2) is 0 Å². The van der Waals surface area contributed by atoms with Crippen LogP contribution in [0.25, 0.3) is 0 Å². The maximum Gasteiger partial charge on any atom is 0.126 e. The van der Waals surface area contributed by atoms with E-state index in [9.17, 15) is 0 Å². The zero-order chi connectivity index (χ0) is 11.0. The molecule has 0 amide bonds. The maximum absolute atomic E-state index is 5.82. The molecule has 0 aliphatic carbocycles. The molecule has 16 heavy (non-hydrogen) atoms. The van der Waals surface area contributed by atoms with Gasteiger partial charge in [0.1, 0.15) is 11.5 Å². The van der Waals surface area contributed by atoms with Crippen molar-refractivity contribution < 1.29 is 9.47 Å². The number of piperidine rings is 1. The van der Waals surface area contributed by atoms with Crippen molar-refractivity contribution in [1.29, 1.82) is 0 Å². The van der Waals surface area contributed by atoms with Crippen LogP contribution in [-0.2, 0) is 0 Å². The Morgan fingerprint density at radius 3 is 3.25 bits per heavy atom. The lowest BCUT2D eigenvalue weighted by atomic mass is 9.79. The van der Waals surface area contributed by atoms with Crippen molar-refractivity contribution in [3.05, 3.63) is 23.8 Å². The summed E-state index contributed by atoms with van der Waals surface area (Å²) < 4.78 is 11.3.